The average molecular weight is 303 g/mol. The summed E-state index contributed by atoms with van der Waals surface area (Å²) in [6.45, 7) is -0.0739. The topological polar surface area (TPSA) is 20.2 Å². The van der Waals surface area contributed by atoms with E-state index >= 15 is 0 Å². The lowest BCUT2D eigenvalue weighted by atomic mass is 10.2. The maximum absolute atomic E-state index is 8.79. The molecule has 4 heteroatoms. The Morgan fingerprint density at radius 2 is 1.91 bits per heavy atom. The van der Waals surface area contributed by atoms with Gasteiger partial charge in [0.25, 0.3) is 0 Å². The van der Waals surface area contributed by atoms with Gasteiger partial charge in [0.1, 0.15) is 0 Å². The molecule has 0 aliphatic rings. The molecule has 60 valence electrons. The van der Waals surface area contributed by atoms with Crippen molar-refractivity contribution >= 4 is 45.8 Å². The summed E-state index contributed by atoms with van der Waals surface area (Å²) in [6.07, 6.45) is 0. The van der Waals surface area contributed by atoms with Crippen LogP contribution in [0.4, 0.5) is 0 Å². The highest BCUT2D eigenvalue weighted by Crippen LogP contribution is 2.30. The maximum atomic E-state index is 8.79. The van der Waals surface area contributed by atoms with Gasteiger partial charge in [-0.2, -0.15) is 0 Å². The van der Waals surface area contributed by atoms with Crippen LogP contribution in [0.3, 0.4) is 0 Å². The highest BCUT2D eigenvalue weighted by molar-refractivity contribution is 14.1. The number of aliphatic hydroxyl groups excluding tert-OH is 1. The Kier molecular flexibility index (Phi) is 3.43. The van der Waals surface area contributed by atoms with E-state index in [-0.39, 0.29) is 6.61 Å². The quantitative estimate of drug-likeness (QED) is 0.624. The maximum Gasteiger partial charge on any atom is 0.0729 e. The molecular weight excluding hydrogens is 298 g/mol. The summed E-state index contributed by atoms with van der Waals surface area (Å²) in [5.74, 6) is 0. The van der Waals surface area contributed by atoms with Crippen molar-refractivity contribution < 1.29 is 5.11 Å². The predicted molar refractivity (Wildman–Crippen MR) is 55.1 cm³/mol. The molecule has 1 nitrogen and oxygen atoms in total. The van der Waals surface area contributed by atoms with E-state index in [4.69, 9.17) is 28.3 Å². The monoisotopic (exact) mass is 302 g/mol. The van der Waals surface area contributed by atoms with E-state index < -0.39 is 0 Å². The first-order valence-corrected chi connectivity index (χ1v) is 4.73. The lowest BCUT2D eigenvalue weighted by Crippen LogP contribution is -1.86. The third-order valence-electron chi connectivity index (χ3n) is 1.29. The zero-order valence-electron chi connectivity index (χ0n) is 5.44. The van der Waals surface area contributed by atoms with E-state index in [0.717, 1.165) is 3.57 Å². The second kappa shape index (κ2) is 3.94. The Morgan fingerprint density at radius 1 is 1.27 bits per heavy atom. The molecule has 0 aromatic heterocycles. The largest absolute Gasteiger partial charge is 0.392 e. The third kappa shape index (κ3) is 1.99. The number of aliphatic hydroxyl groups is 1. The molecule has 11 heavy (non-hydrogen) atoms. The van der Waals surface area contributed by atoms with Crippen LogP contribution in [0.2, 0.25) is 10.0 Å². The summed E-state index contributed by atoms with van der Waals surface area (Å²) in [7, 11) is 0. The molecule has 0 bridgehead atoms. The molecule has 1 aromatic carbocycles. The smallest absolute Gasteiger partial charge is 0.0729 e. The van der Waals surface area contributed by atoms with E-state index in [1.807, 2.05) is 6.07 Å². The molecule has 0 aliphatic carbocycles. The van der Waals surface area contributed by atoms with Gasteiger partial charge in [0.05, 0.1) is 16.7 Å². The second-order valence-corrected chi connectivity index (χ2v) is 3.91. The molecule has 0 heterocycles. The molecule has 0 amide bonds. The molecule has 1 rings (SSSR count). The summed E-state index contributed by atoms with van der Waals surface area (Å²) in [5.41, 5.74) is 0.664. The Hall–Kier alpha value is 0.490. The van der Waals surface area contributed by atoms with Crippen molar-refractivity contribution in [3.63, 3.8) is 0 Å². The van der Waals surface area contributed by atoms with Crippen LogP contribution >= 0.6 is 45.8 Å². The van der Waals surface area contributed by atoms with Gasteiger partial charge in [0.15, 0.2) is 0 Å². The van der Waals surface area contributed by atoms with Crippen LogP contribution in [0.15, 0.2) is 12.1 Å². The highest BCUT2D eigenvalue weighted by atomic mass is 127. The summed E-state index contributed by atoms with van der Waals surface area (Å²) in [4.78, 5) is 0. The molecule has 1 aromatic rings. The molecule has 0 radical (unpaired) electrons. The number of hydrogen-bond acceptors (Lipinski definition) is 1. The molecule has 1 N–H and O–H groups in total. The van der Waals surface area contributed by atoms with E-state index in [1.165, 1.54) is 0 Å². The van der Waals surface area contributed by atoms with Crippen LogP contribution in [0.1, 0.15) is 5.56 Å². The minimum Gasteiger partial charge on any atom is -0.392 e. The Morgan fingerprint density at radius 3 is 2.45 bits per heavy atom. The lowest BCUT2D eigenvalue weighted by molar-refractivity contribution is 0.282. The van der Waals surface area contributed by atoms with Crippen molar-refractivity contribution in [1.29, 1.82) is 0 Å². The van der Waals surface area contributed by atoms with Crippen molar-refractivity contribution in [3.8, 4) is 0 Å². The fourth-order valence-electron chi connectivity index (χ4n) is 0.688. The van der Waals surface area contributed by atoms with Gasteiger partial charge in [-0.25, -0.2) is 0 Å². The minimum atomic E-state index is -0.0739. The van der Waals surface area contributed by atoms with Gasteiger partial charge in [0, 0.05) is 3.57 Å². The fourth-order valence-corrected chi connectivity index (χ4v) is 1.71. The SMILES string of the molecule is OCc1ccc(I)c(Cl)c1Cl. The third-order valence-corrected chi connectivity index (χ3v) is 3.42. The number of hydrogen-bond donors (Lipinski definition) is 1. The number of rotatable bonds is 1. The fraction of sp³-hybridized carbons (Fsp3) is 0.143. The molecule has 0 saturated carbocycles. The summed E-state index contributed by atoms with van der Waals surface area (Å²) < 4.78 is 0.895. The first-order valence-electron chi connectivity index (χ1n) is 2.90. The first kappa shape index (κ1) is 9.58. The Balaban J connectivity index is 3.25. The van der Waals surface area contributed by atoms with Crippen LogP contribution in [0.25, 0.3) is 0 Å². The van der Waals surface area contributed by atoms with Gasteiger partial charge in [-0.15, -0.1) is 0 Å². The van der Waals surface area contributed by atoms with Crippen LogP contribution in [0, 0.1) is 3.57 Å². The van der Waals surface area contributed by atoms with Crippen molar-refractivity contribution in [2.75, 3.05) is 0 Å². The normalized spacial score (nSPS) is 10.2. The molecule has 0 atom stereocenters. The standard InChI is InChI=1S/C7H5Cl2IO/c8-6-4(3-11)1-2-5(10)7(6)9/h1-2,11H,3H2. The van der Waals surface area contributed by atoms with Gasteiger partial charge < -0.3 is 5.11 Å². The van der Waals surface area contributed by atoms with Crippen molar-refractivity contribution in [2.45, 2.75) is 6.61 Å². The highest BCUT2D eigenvalue weighted by Gasteiger charge is 2.06. The zero-order chi connectivity index (χ0) is 8.43. The Labute approximate surface area is 88.5 Å². The van der Waals surface area contributed by atoms with Crippen molar-refractivity contribution in [3.05, 3.63) is 31.3 Å². The van der Waals surface area contributed by atoms with Crippen molar-refractivity contribution in [2.24, 2.45) is 0 Å². The van der Waals surface area contributed by atoms with E-state index in [9.17, 15) is 0 Å². The molecule has 0 saturated heterocycles. The van der Waals surface area contributed by atoms with Crippen LogP contribution < -0.4 is 0 Å². The van der Waals surface area contributed by atoms with Crippen molar-refractivity contribution in [1.82, 2.24) is 0 Å². The minimum absolute atomic E-state index is 0.0739. The summed E-state index contributed by atoms with van der Waals surface area (Å²) in [5, 5.41) is 9.75. The van der Waals surface area contributed by atoms with Crippen LogP contribution in [0.5, 0.6) is 0 Å². The van der Waals surface area contributed by atoms with Gasteiger partial charge in [-0.3, -0.25) is 0 Å². The molecule has 0 spiro atoms. The van der Waals surface area contributed by atoms with Crippen LogP contribution in [-0.2, 0) is 6.61 Å². The van der Waals surface area contributed by atoms with Gasteiger partial charge in [-0.05, 0) is 34.2 Å². The molecule has 0 aliphatic heterocycles. The molecule has 0 unspecified atom stereocenters. The second-order valence-electron chi connectivity index (χ2n) is 1.99. The number of benzene rings is 1. The molecular formula is C7H5Cl2IO. The Bertz CT molecular complexity index is 275. The number of halogens is 3. The summed E-state index contributed by atoms with van der Waals surface area (Å²) >= 11 is 13.7. The zero-order valence-corrected chi connectivity index (χ0v) is 9.11. The van der Waals surface area contributed by atoms with Gasteiger partial charge in [0.2, 0.25) is 0 Å². The summed E-state index contributed by atoms with van der Waals surface area (Å²) in [6, 6.07) is 3.58. The van der Waals surface area contributed by atoms with E-state index in [0.29, 0.717) is 15.6 Å². The first-order chi connectivity index (χ1) is 5.16. The van der Waals surface area contributed by atoms with Gasteiger partial charge in [-0.1, -0.05) is 29.3 Å². The van der Waals surface area contributed by atoms with E-state index in [2.05, 4.69) is 22.6 Å². The van der Waals surface area contributed by atoms with Gasteiger partial charge >= 0.3 is 0 Å². The average Bonchev–Trinajstić information content (AvgIpc) is 2.01. The lowest BCUT2D eigenvalue weighted by Gasteiger charge is -2.03. The molecule has 0 fully saturated rings. The predicted octanol–water partition coefficient (Wildman–Crippen LogP) is 3.09. The van der Waals surface area contributed by atoms with Crippen LogP contribution in [-0.4, -0.2) is 5.11 Å². The van der Waals surface area contributed by atoms with E-state index in [1.54, 1.807) is 6.07 Å².